The van der Waals surface area contributed by atoms with Gasteiger partial charge in [-0.2, -0.15) is 0 Å². The monoisotopic (exact) mass is 392 g/mol. The zero-order valence-corrected chi connectivity index (χ0v) is 16.4. The van der Waals surface area contributed by atoms with Crippen molar-refractivity contribution in [2.75, 3.05) is 18.8 Å². The van der Waals surface area contributed by atoms with Gasteiger partial charge in [-0.15, -0.1) is 23.1 Å². The molecule has 3 heterocycles. The molecule has 3 N–H and O–H groups in total. The maximum atomic E-state index is 12.5. The number of fused-ring (bicyclic) bond motifs is 3. The van der Waals surface area contributed by atoms with E-state index in [1.54, 1.807) is 11.3 Å². The van der Waals surface area contributed by atoms with Crippen molar-refractivity contribution in [3.63, 3.8) is 0 Å². The average Bonchev–Trinajstić information content (AvgIpc) is 3.00. The minimum atomic E-state index is -0.0293. The summed E-state index contributed by atoms with van der Waals surface area (Å²) in [5, 5.41) is 0.789. The molecule has 1 aliphatic carbocycles. The average molecular weight is 393 g/mol. The van der Waals surface area contributed by atoms with E-state index in [9.17, 15) is 9.59 Å². The van der Waals surface area contributed by atoms with Crippen molar-refractivity contribution in [2.24, 2.45) is 5.73 Å². The molecule has 1 amide bonds. The summed E-state index contributed by atoms with van der Waals surface area (Å²) in [7, 11) is 0. The zero-order valence-electron chi connectivity index (χ0n) is 14.8. The van der Waals surface area contributed by atoms with Crippen LogP contribution in [-0.4, -0.2) is 45.7 Å². The van der Waals surface area contributed by atoms with E-state index in [4.69, 9.17) is 5.73 Å². The highest BCUT2D eigenvalue weighted by atomic mass is 32.2. The van der Waals surface area contributed by atoms with Gasteiger partial charge in [-0.3, -0.25) is 9.59 Å². The van der Waals surface area contributed by atoms with Crippen LogP contribution in [0.15, 0.2) is 4.79 Å². The molecule has 4 rings (SSSR count). The molecule has 1 atom stereocenters. The molecule has 0 saturated carbocycles. The molecule has 26 heavy (non-hydrogen) atoms. The molecule has 140 valence electrons. The number of aromatic amines is 1. The quantitative estimate of drug-likeness (QED) is 0.831. The first-order chi connectivity index (χ1) is 12.6. The van der Waals surface area contributed by atoms with Gasteiger partial charge in [0.05, 0.1) is 16.9 Å². The van der Waals surface area contributed by atoms with Crippen LogP contribution in [0.25, 0.3) is 10.2 Å². The highest BCUT2D eigenvalue weighted by molar-refractivity contribution is 7.99. The number of nitrogens with one attached hydrogen (secondary N) is 1. The van der Waals surface area contributed by atoms with Crippen molar-refractivity contribution >= 4 is 39.2 Å². The van der Waals surface area contributed by atoms with E-state index in [0.717, 1.165) is 48.9 Å². The molecule has 0 bridgehead atoms. The van der Waals surface area contributed by atoms with Crippen LogP contribution in [0.4, 0.5) is 0 Å². The number of aromatic nitrogens is 2. The number of hydrogen-bond donors (Lipinski definition) is 2. The minimum Gasteiger partial charge on any atom is -0.340 e. The maximum absolute atomic E-state index is 12.5. The van der Waals surface area contributed by atoms with Gasteiger partial charge in [0.25, 0.3) is 5.56 Å². The number of nitrogens with two attached hydrogens (primary N) is 1. The lowest BCUT2D eigenvalue weighted by Crippen LogP contribution is -2.46. The topological polar surface area (TPSA) is 92.1 Å². The van der Waals surface area contributed by atoms with E-state index in [1.807, 2.05) is 4.90 Å². The third kappa shape index (κ3) is 3.68. The summed E-state index contributed by atoms with van der Waals surface area (Å²) >= 11 is 3.16. The van der Waals surface area contributed by atoms with Gasteiger partial charge >= 0.3 is 0 Å². The molecule has 1 saturated heterocycles. The highest BCUT2D eigenvalue weighted by Crippen LogP contribution is 2.33. The molecule has 1 aliphatic heterocycles. The summed E-state index contributed by atoms with van der Waals surface area (Å²) in [6.07, 6.45) is 6.37. The predicted molar refractivity (Wildman–Crippen MR) is 107 cm³/mol. The zero-order chi connectivity index (χ0) is 18.1. The van der Waals surface area contributed by atoms with E-state index < -0.39 is 0 Å². The number of H-pyrrole nitrogens is 1. The van der Waals surface area contributed by atoms with Crippen LogP contribution in [0.2, 0.25) is 0 Å². The Morgan fingerprint density at radius 3 is 3.04 bits per heavy atom. The number of carbonyl (C=O) groups is 1. The Labute approximate surface area is 160 Å². The summed E-state index contributed by atoms with van der Waals surface area (Å²) < 4.78 is 0. The van der Waals surface area contributed by atoms with Gasteiger partial charge < -0.3 is 15.6 Å². The smallest absolute Gasteiger partial charge is 0.259 e. The van der Waals surface area contributed by atoms with E-state index >= 15 is 0 Å². The van der Waals surface area contributed by atoms with Crippen LogP contribution in [0.3, 0.4) is 0 Å². The number of thioether (sulfide) groups is 1. The molecule has 1 fully saturated rings. The Morgan fingerprint density at radius 1 is 1.35 bits per heavy atom. The lowest BCUT2D eigenvalue weighted by atomic mass is 9.97. The number of rotatable bonds is 4. The molecular formula is C18H24N4O2S2. The molecule has 2 aromatic rings. The Balaban J connectivity index is 1.41. The maximum Gasteiger partial charge on any atom is 0.259 e. The molecule has 8 heteroatoms. The fraction of sp³-hybridized carbons (Fsp3) is 0.611. The number of piperidine rings is 1. The highest BCUT2D eigenvalue weighted by Gasteiger charge is 2.22. The Kier molecular flexibility index (Phi) is 5.33. The van der Waals surface area contributed by atoms with Crippen molar-refractivity contribution in [1.82, 2.24) is 14.9 Å². The van der Waals surface area contributed by atoms with Crippen LogP contribution >= 0.6 is 23.1 Å². The van der Waals surface area contributed by atoms with Gasteiger partial charge in [0.15, 0.2) is 0 Å². The summed E-state index contributed by atoms with van der Waals surface area (Å²) in [4.78, 5) is 36.4. The van der Waals surface area contributed by atoms with Crippen molar-refractivity contribution in [1.29, 1.82) is 0 Å². The fourth-order valence-electron chi connectivity index (χ4n) is 3.84. The fourth-order valence-corrected chi connectivity index (χ4v) is 5.91. The van der Waals surface area contributed by atoms with Crippen LogP contribution in [0, 0.1) is 0 Å². The van der Waals surface area contributed by atoms with E-state index in [-0.39, 0.29) is 17.5 Å². The lowest BCUT2D eigenvalue weighted by Gasteiger charge is -2.30. The molecule has 0 spiro atoms. The second kappa shape index (κ2) is 7.70. The Hall–Kier alpha value is -1.38. The van der Waals surface area contributed by atoms with Gasteiger partial charge in [-0.25, -0.2) is 4.98 Å². The normalized spacial score (nSPS) is 20.3. The van der Waals surface area contributed by atoms with Crippen LogP contribution in [-0.2, 0) is 23.4 Å². The number of aryl methyl sites for hydroxylation is 2. The van der Waals surface area contributed by atoms with Gasteiger partial charge in [-0.1, -0.05) is 0 Å². The van der Waals surface area contributed by atoms with Gasteiger partial charge in [0.1, 0.15) is 10.7 Å². The third-order valence-electron chi connectivity index (χ3n) is 5.15. The SMILES string of the molecule is NC1CCCN(C(=O)CSCc2nc3sc4c(c3c(=O)[nH]2)CCCC4)C1. The summed E-state index contributed by atoms with van der Waals surface area (Å²) in [5.74, 6) is 1.73. The number of hydrogen-bond acceptors (Lipinski definition) is 6. The molecule has 2 aromatic heterocycles. The number of carbonyl (C=O) groups excluding carboxylic acids is 1. The first-order valence-corrected chi connectivity index (χ1v) is 11.2. The molecule has 0 radical (unpaired) electrons. The minimum absolute atomic E-state index is 0.0293. The number of nitrogens with zero attached hydrogens (tertiary/aromatic N) is 2. The molecular weight excluding hydrogens is 368 g/mol. The second-order valence-electron chi connectivity index (χ2n) is 7.14. The van der Waals surface area contributed by atoms with E-state index in [2.05, 4.69) is 9.97 Å². The van der Waals surface area contributed by atoms with E-state index in [0.29, 0.717) is 23.9 Å². The van der Waals surface area contributed by atoms with Gasteiger partial charge in [-0.05, 0) is 44.1 Å². The largest absolute Gasteiger partial charge is 0.340 e. The Bertz CT molecular complexity index is 876. The van der Waals surface area contributed by atoms with Crippen LogP contribution < -0.4 is 11.3 Å². The van der Waals surface area contributed by atoms with Gasteiger partial charge in [0.2, 0.25) is 5.91 Å². The van der Waals surface area contributed by atoms with Crippen molar-refractivity contribution in [3.05, 3.63) is 26.6 Å². The summed E-state index contributed by atoms with van der Waals surface area (Å²) in [6.45, 7) is 1.45. The van der Waals surface area contributed by atoms with Gasteiger partial charge in [0, 0.05) is 24.0 Å². The molecule has 6 nitrogen and oxygen atoms in total. The lowest BCUT2D eigenvalue weighted by molar-refractivity contribution is -0.129. The number of amides is 1. The molecule has 1 unspecified atom stereocenters. The summed E-state index contributed by atoms with van der Waals surface area (Å²) in [6, 6.07) is 0.1000. The molecule has 2 aliphatic rings. The predicted octanol–water partition coefficient (Wildman–Crippen LogP) is 2.05. The first kappa shape index (κ1) is 18.0. The molecule has 0 aromatic carbocycles. The summed E-state index contributed by atoms with van der Waals surface area (Å²) in [5.41, 5.74) is 7.12. The van der Waals surface area contributed by atoms with Crippen LogP contribution in [0.5, 0.6) is 0 Å². The van der Waals surface area contributed by atoms with E-state index in [1.165, 1.54) is 28.6 Å². The van der Waals surface area contributed by atoms with Crippen molar-refractivity contribution in [3.8, 4) is 0 Å². The van der Waals surface area contributed by atoms with Crippen molar-refractivity contribution < 1.29 is 4.79 Å². The first-order valence-electron chi connectivity index (χ1n) is 9.26. The number of likely N-dealkylation sites (tertiary alicyclic amines) is 1. The Morgan fingerprint density at radius 2 is 2.19 bits per heavy atom. The third-order valence-corrected chi connectivity index (χ3v) is 7.26. The number of thiophene rings is 1. The second-order valence-corrected chi connectivity index (χ2v) is 9.21. The van der Waals surface area contributed by atoms with Crippen LogP contribution in [0.1, 0.15) is 41.9 Å². The standard InChI is InChI=1S/C18H24N4O2S2/c19-11-4-3-7-22(8-11)15(23)10-25-9-14-20-17(24)16-12-5-1-2-6-13(12)26-18(16)21-14/h11H,1-10,19H2,(H,20,21,24). The van der Waals surface area contributed by atoms with Crippen molar-refractivity contribution in [2.45, 2.75) is 50.3 Å².